The second-order valence-corrected chi connectivity index (χ2v) is 2.85. The Morgan fingerprint density at radius 1 is 1.25 bits per heavy atom. The lowest BCUT2D eigenvalue weighted by molar-refractivity contribution is 0.0168. The molecule has 12 heavy (non-hydrogen) atoms. The molecule has 0 radical (unpaired) electrons. The van der Waals surface area contributed by atoms with Crippen molar-refractivity contribution in [2.24, 2.45) is 0 Å². The van der Waals surface area contributed by atoms with Gasteiger partial charge in [-0.3, -0.25) is 0 Å². The molecule has 1 aromatic carbocycles. The van der Waals surface area contributed by atoms with Crippen LogP contribution < -0.4 is 0 Å². The zero-order chi connectivity index (χ0) is 9.35. The van der Waals surface area contributed by atoms with Crippen molar-refractivity contribution in [2.75, 3.05) is 0 Å². The lowest BCUT2D eigenvalue weighted by Crippen LogP contribution is -2.09. The summed E-state index contributed by atoms with van der Waals surface area (Å²) >= 11 is 0. The minimum absolute atomic E-state index is 0.121. The number of benzene rings is 1. The van der Waals surface area contributed by atoms with Gasteiger partial charge in [-0.15, -0.1) is 0 Å². The molecular formula is C9H9F3. The van der Waals surface area contributed by atoms with Crippen LogP contribution in [-0.2, 0) is 5.92 Å². The smallest absolute Gasteiger partial charge is 0.207 e. The molecule has 0 saturated heterocycles. The maximum atomic E-state index is 12.7. The minimum Gasteiger partial charge on any atom is -0.207 e. The van der Waals surface area contributed by atoms with Crippen LogP contribution in [0.2, 0.25) is 0 Å². The molecule has 0 aromatic heterocycles. The van der Waals surface area contributed by atoms with E-state index in [1.165, 1.54) is 6.92 Å². The van der Waals surface area contributed by atoms with Gasteiger partial charge in [0.2, 0.25) is 0 Å². The Labute approximate surface area is 69.0 Å². The molecule has 0 saturated carbocycles. The molecule has 0 aliphatic carbocycles. The molecule has 0 N–H and O–H groups in total. The Morgan fingerprint density at radius 3 is 2.25 bits per heavy atom. The van der Waals surface area contributed by atoms with Crippen LogP contribution in [0.4, 0.5) is 13.2 Å². The summed E-state index contributed by atoms with van der Waals surface area (Å²) in [5, 5.41) is 0. The van der Waals surface area contributed by atoms with Gasteiger partial charge in [-0.25, -0.2) is 13.2 Å². The molecule has 0 nitrogen and oxygen atoms in total. The Hall–Kier alpha value is -0.990. The highest BCUT2D eigenvalue weighted by molar-refractivity contribution is 5.29. The first-order chi connectivity index (χ1) is 5.41. The first-order valence-corrected chi connectivity index (χ1v) is 3.55. The summed E-state index contributed by atoms with van der Waals surface area (Å²) in [7, 11) is 0. The highest BCUT2D eigenvalue weighted by atomic mass is 19.3. The van der Waals surface area contributed by atoms with Crippen molar-refractivity contribution in [1.29, 1.82) is 0 Å². The normalized spacial score (nSPS) is 11.8. The van der Waals surface area contributed by atoms with Crippen LogP contribution in [0.5, 0.6) is 0 Å². The molecule has 1 aromatic rings. The summed E-state index contributed by atoms with van der Waals surface area (Å²) in [6.07, 6.45) is 0. The van der Waals surface area contributed by atoms with E-state index in [0.717, 1.165) is 25.1 Å². The van der Waals surface area contributed by atoms with Crippen LogP contribution in [0.1, 0.15) is 18.1 Å². The summed E-state index contributed by atoms with van der Waals surface area (Å²) in [5.41, 5.74) is 0.159. The van der Waals surface area contributed by atoms with Gasteiger partial charge in [0.15, 0.2) is 0 Å². The zero-order valence-electron chi connectivity index (χ0n) is 6.87. The Morgan fingerprint density at radius 2 is 1.83 bits per heavy atom. The van der Waals surface area contributed by atoms with Crippen molar-refractivity contribution < 1.29 is 13.2 Å². The fraction of sp³-hybridized carbons (Fsp3) is 0.333. The van der Waals surface area contributed by atoms with Gasteiger partial charge in [0.25, 0.3) is 5.92 Å². The molecule has 0 spiro atoms. The molecule has 0 amide bonds. The molecule has 66 valence electrons. The van der Waals surface area contributed by atoms with Crippen LogP contribution in [0.3, 0.4) is 0 Å². The predicted octanol–water partition coefficient (Wildman–Crippen LogP) is 3.25. The zero-order valence-corrected chi connectivity index (χ0v) is 6.87. The van der Waals surface area contributed by atoms with Gasteiger partial charge in [-0.1, -0.05) is 0 Å². The number of aryl methyl sites for hydroxylation is 1. The number of rotatable bonds is 1. The van der Waals surface area contributed by atoms with Crippen molar-refractivity contribution in [3.05, 3.63) is 35.1 Å². The first-order valence-electron chi connectivity index (χ1n) is 3.55. The topological polar surface area (TPSA) is 0 Å². The van der Waals surface area contributed by atoms with Crippen molar-refractivity contribution >= 4 is 0 Å². The monoisotopic (exact) mass is 174 g/mol. The first kappa shape index (κ1) is 9.10. The Balaban J connectivity index is 3.19. The SMILES string of the molecule is Cc1cc(F)ccc1C(C)(F)F. The van der Waals surface area contributed by atoms with Gasteiger partial charge in [-0.2, -0.15) is 0 Å². The van der Waals surface area contributed by atoms with Crippen molar-refractivity contribution in [3.8, 4) is 0 Å². The lowest BCUT2D eigenvalue weighted by Gasteiger charge is -2.12. The van der Waals surface area contributed by atoms with Gasteiger partial charge in [0, 0.05) is 12.5 Å². The quantitative estimate of drug-likeness (QED) is 0.613. The van der Waals surface area contributed by atoms with E-state index in [0.29, 0.717) is 0 Å². The second kappa shape index (κ2) is 2.81. The molecular weight excluding hydrogens is 165 g/mol. The molecule has 0 fully saturated rings. The van der Waals surface area contributed by atoms with E-state index in [1.54, 1.807) is 0 Å². The van der Waals surface area contributed by atoms with Crippen LogP contribution in [0, 0.1) is 12.7 Å². The van der Waals surface area contributed by atoms with Crippen molar-refractivity contribution in [3.63, 3.8) is 0 Å². The van der Waals surface area contributed by atoms with Crippen LogP contribution in [0.25, 0.3) is 0 Å². The summed E-state index contributed by atoms with van der Waals surface area (Å²) in [6, 6.07) is 3.26. The van der Waals surface area contributed by atoms with Crippen molar-refractivity contribution in [1.82, 2.24) is 0 Å². The molecule has 0 bridgehead atoms. The maximum absolute atomic E-state index is 12.7. The second-order valence-electron chi connectivity index (χ2n) is 2.85. The number of hydrogen-bond acceptors (Lipinski definition) is 0. The third-order valence-electron chi connectivity index (χ3n) is 1.66. The number of hydrogen-bond donors (Lipinski definition) is 0. The van der Waals surface area contributed by atoms with Crippen LogP contribution >= 0.6 is 0 Å². The fourth-order valence-corrected chi connectivity index (χ4v) is 1.12. The molecule has 0 aliphatic heterocycles. The Bertz CT molecular complexity index is 286. The summed E-state index contributed by atoms with van der Waals surface area (Å²) in [5.74, 6) is -3.38. The predicted molar refractivity (Wildman–Crippen MR) is 40.7 cm³/mol. The van der Waals surface area contributed by atoms with Gasteiger partial charge in [-0.05, 0) is 30.7 Å². The third kappa shape index (κ3) is 1.78. The van der Waals surface area contributed by atoms with E-state index in [2.05, 4.69) is 0 Å². The van der Waals surface area contributed by atoms with E-state index < -0.39 is 11.7 Å². The lowest BCUT2D eigenvalue weighted by atomic mass is 10.0. The molecule has 0 atom stereocenters. The largest absolute Gasteiger partial charge is 0.270 e. The highest BCUT2D eigenvalue weighted by Gasteiger charge is 2.25. The van der Waals surface area contributed by atoms with E-state index >= 15 is 0 Å². The van der Waals surface area contributed by atoms with E-state index in [-0.39, 0.29) is 11.1 Å². The molecule has 0 aliphatic rings. The minimum atomic E-state index is -2.89. The Kier molecular flexibility index (Phi) is 2.13. The average Bonchev–Trinajstić information content (AvgIpc) is 1.83. The van der Waals surface area contributed by atoms with Crippen LogP contribution in [0.15, 0.2) is 18.2 Å². The number of alkyl halides is 2. The summed E-state index contributed by atoms with van der Waals surface area (Å²) < 4.78 is 37.9. The maximum Gasteiger partial charge on any atom is 0.270 e. The average molecular weight is 174 g/mol. The van der Waals surface area contributed by atoms with Crippen molar-refractivity contribution in [2.45, 2.75) is 19.8 Å². The standard InChI is InChI=1S/C9H9F3/c1-6-5-7(10)3-4-8(6)9(2,11)12/h3-5H,1-2H3. The number of halogens is 3. The van der Waals surface area contributed by atoms with E-state index in [1.807, 2.05) is 0 Å². The van der Waals surface area contributed by atoms with Crippen LogP contribution in [-0.4, -0.2) is 0 Å². The highest BCUT2D eigenvalue weighted by Crippen LogP contribution is 2.29. The third-order valence-corrected chi connectivity index (χ3v) is 1.66. The summed E-state index contributed by atoms with van der Waals surface area (Å²) in [4.78, 5) is 0. The fourth-order valence-electron chi connectivity index (χ4n) is 1.12. The van der Waals surface area contributed by atoms with Gasteiger partial charge >= 0.3 is 0 Å². The molecule has 3 heteroatoms. The summed E-state index contributed by atoms with van der Waals surface area (Å²) in [6.45, 7) is 2.27. The van der Waals surface area contributed by atoms with Gasteiger partial charge < -0.3 is 0 Å². The van der Waals surface area contributed by atoms with Gasteiger partial charge in [0.1, 0.15) is 5.82 Å². The molecule has 1 rings (SSSR count). The molecule has 0 unspecified atom stereocenters. The molecule has 0 heterocycles. The van der Waals surface area contributed by atoms with E-state index in [4.69, 9.17) is 0 Å². The van der Waals surface area contributed by atoms with Gasteiger partial charge in [0.05, 0.1) is 0 Å². The van der Waals surface area contributed by atoms with E-state index in [9.17, 15) is 13.2 Å².